The molecule has 32 heavy (non-hydrogen) atoms. The van der Waals surface area contributed by atoms with E-state index < -0.39 is 12.0 Å². The van der Waals surface area contributed by atoms with Crippen LogP contribution in [0.15, 0.2) is 53.7 Å². The van der Waals surface area contributed by atoms with Gasteiger partial charge in [-0.05, 0) is 68.9 Å². The van der Waals surface area contributed by atoms with Gasteiger partial charge in [-0.1, -0.05) is 35.3 Å². The second-order valence-corrected chi connectivity index (χ2v) is 8.28. The van der Waals surface area contributed by atoms with Crippen LogP contribution < -0.4 is 10.6 Å². The molecule has 2 aromatic rings. The lowest BCUT2D eigenvalue weighted by Crippen LogP contribution is -2.47. The average molecular weight is 492 g/mol. The van der Waals surface area contributed by atoms with Crippen molar-refractivity contribution in [1.82, 2.24) is 10.2 Å². The molecule has 1 atom stereocenters. The van der Waals surface area contributed by atoms with Crippen molar-refractivity contribution in [2.75, 3.05) is 18.5 Å². The number of carbonyl (C=O) groups excluding carboxylic acids is 2. The van der Waals surface area contributed by atoms with Crippen molar-refractivity contribution in [3.05, 3.63) is 74.9 Å². The third-order valence-corrected chi connectivity index (χ3v) is 5.97. The Kier molecular flexibility index (Phi) is 7.77. The van der Waals surface area contributed by atoms with E-state index in [2.05, 4.69) is 10.6 Å². The lowest BCUT2D eigenvalue weighted by molar-refractivity contribution is -0.139. The molecule has 0 aliphatic carbocycles. The largest absolute Gasteiger partial charge is 0.463 e. The fourth-order valence-electron chi connectivity index (χ4n) is 3.52. The number of thiocarbonyl (C=S) groups is 1. The summed E-state index contributed by atoms with van der Waals surface area (Å²) in [5, 5.41) is 7.31. The summed E-state index contributed by atoms with van der Waals surface area (Å²) in [6, 6.07) is 11.4. The lowest BCUT2D eigenvalue weighted by Gasteiger charge is -2.37. The second-order valence-electron chi connectivity index (χ2n) is 7.05. The van der Waals surface area contributed by atoms with E-state index >= 15 is 0 Å². The molecule has 0 saturated heterocycles. The number of anilines is 1. The lowest BCUT2D eigenvalue weighted by atomic mass is 9.95. The molecule has 1 aliphatic heterocycles. The SMILES string of the molecule is CCOC(=O)C1=C(C)N(CC)C(=S)NC1c1ccc(NC(=O)c2ccc(Cl)cc2Cl)cc1. The molecule has 1 unspecified atom stereocenters. The molecule has 6 nitrogen and oxygen atoms in total. The first-order chi connectivity index (χ1) is 15.3. The Morgan fingerprint density at radius 3 is 2.44 bits per heavy atom. The number of hydrogen-bond donors (Lipinski definition) is 2. The van der Waals surface area contributed by atoms with Crippen LogP contribution in [0.25, 0.3) is 0 Å². The van der Waals surface area contributed by atoms with Crippen molar-refractivity contribution in [2.24, 2.45) is 0 Å². The molecular weight excluding hydrogens is 469 g/mol. The van der Waals surface area contributed by atoms with E-state index in [4.69, 9.17) is 40.2 Å². The van der Waals surface area contributed by atoms with E-state index in [0.29, 0.717) is 33.5 Å². The molecule has 1 aliphatic rings. The van der Waals surface area contributed by atoms with E-state index in [1.165, 1.54) is 6.07 Å². The van der Waals surface area contributed by atoms with Crippen LogP contribution in [-0.4, -0.2) is 35.0 Å². The number of ether oxygens (including phenoxy) is 1. The molecule has 0 saturated carbocycles. The van der Waals surface area contributed by atoms with Crippen LogP contribution in [0.2, 0.25) is 10.0 Å². The smallest absolute Gasteiger partial charge is 0.338 e. The molecule has 0 aromatic heterocycles. The monoisotopic (exact) mass is 491 g/mol. The van der Waals surface area contributed by atoms with Gasteiger partial charge in [-0.2, -0.15) is 0 Å². The summed E-state index contributed by atoms with van der Waals surface area (Å²) >= 11 is 17.5. The van der Waals surface area contributed by atoms with E-state index in [-0.39, 0.29) is 17.5 Å². The molecule has 3 rings (SSSR count). The van der Waals surface area contributed by atoms with Crippen LogP contribution in [-0.2, 0) is 9.53 Å². The van der Waals surface area contributed by atoms with Crippen molar-refractivity contribution in [3.63, 3.8) is 0 Å². The van der Waals surface area contributed by atoms with Crippen LogP contribution >= 0.6 is 35.4 Å². The molecule has 1 amide bonds. The highest BCUT2D eigenvalue weighted by Gasteiger charge is 2.34. The molecular formula is C23H23Cl2N3O3S. The summed E-state index contributed by atoms with van der Waals surface area (Å²) in [5.41, 5.74) is 2.98. The minimum atomic E-state index is -0.459. The van der Waals surface area contributed by atoms with Crippen LogP contribution in [0.5, 0.6) is 0 Å². The zero-order valence-electron chi connectivity index (χ0n) is 17.9. The molecule has 1 heterocycles. The number of esters is 1. The average Bonchev–Trinajstić information content (AvgIpc) is 2.74. The minimum Gasteiger partial charge on any atom is -0.463 e. The number of nitrogens with one attached hydrogen (secondary N) is 2. The Balaban J connectivity index is 1.86. The number of nitrogens with zero attached hydrogens (tertiary/aromatic N) is 1. The number of halogens is 2. The van der Waals surface area contributed by atoms with E-state index in [0.717, 1.165) is 11.3 Å². The second kappa shape index (κ2) is 10.3. The summed E-state index contributed by atoms with van der Waals surface area (Å²) in [6.45, 7) is 6.50. The Hall–Kier alpha value is -2.61. The molecule has 0 spiro atoms. The van der Waals surface area contributed by atoms with Crippen LogP contribution in [0.3, 0.4) is 0 Å². The third kappa shape index (κ3) is 5.06. The molecule has 0 radical (unpaired) electrons. The van der Waals surface area contributed by atoms with Crippen molar-refractivity contribution < 1.29 is 14.3 Å². The van der Waals surface area contributed by atoms with Gasteiger partial charge in [0.05, 0.1) is 28.8 Å². The summed E-state index contributed by atoms with van der Waals surface area (Å²) in [7, 11) is 0. The van der Waals surface area contributed by atoms with E-state index in [1.807, 2.05) is 30.9 Å². The number of carbonyl (C=O) groups is 2. The summed E-state index contributed by atoms with van der Waals surface area (Å²) in [4.78, 5) is 27.1. The molecule has 168 valence electrons. The zero-order chi connectivity index (χ0) is 23.4. The van der Waals surface area contributed by atoms with Crippen LogP contribution in [0.1, 0.15) is 42.7 Å². The maximum Gasteiger partial charge on any atom is 0.338 e. The predicted molar refractivity (Wildman–Crippen MR) is 131 cm³/mol. The summed E-state index contributed by atoms with van der Waals surface area (Å²) in [5.74, 6) is -0.740. The quantitative estimate of drug-likeness (QED) is 0.420. The zero-order valence-corrected chi connectivity index (χ0v) is 20.2. The molecule has 2 aromatic carbocycles. The van der Waals surface area contributed by atoms with Gasteiger partial charge in [0, 0.05) is 23.0 Å². The summed E-state index contributed by atoms with van der Waals surface area (Å²) in [6.07, 6.45) is 0. The Bertz CT molecular complexity index is 1090. The maximum atomic E-state index is 12.7. The normalized spacial score (nSPS) is 16.0. The van der Waals surface area contributed by atoms with E-state index in [1.54, 1.807) is 31.2 Å². The van der Waals surface area contributed by atoms with Crippen molar-refractivity contribution in [1.29, 1.82) is 0 Å². The summed E-state index contributed by atoms with van der Waals surface area (Å²) < 4.78 is 5.29. The van der Waals surface area contributed by atoms with Gasteiger partial charge < -0.3 is 20.3 Å². The molecule has 0 bridgehead atoms. The van der Waals surface area contributed by atoms with Gasteiger partial charge in [0.25, 0.3) is 5.91 Å². The number of allylic oxidation sites excluding steroid dienone is 1. The number of benzene rings is 2. The van der Waals surface area contributed by atoms with Gasteiger partial charge in [0.1, 0.15) is 0 Å². The van der Waals surface area contributed by atoms with Crippen molar-refractivity contribution in [2.45, 2.75) is 26.8 Å². The van der Waals surface area contributed by atoms with Gasteiger partial charge in [-0.3, -0.25) is 4.79 Å². The standard InChI is InChI=1S/C23H23Cl2N3O3S/c1-4-28-13(3)19(22(30)31-5-2)20(27-23(28)32)14-6-9-16(10-7-14)26-21(29)17-11-8-15(24)12-18(17)25/h6-12,20H,4-5H2,1-3H3,(H,26,29)(H,27,32). The Morgan fingerprint density at radius 1 is 1.16 bits per heavy atom. The topological polar surface area (TPSA) is 70.7 Å². The highest BCUT2D eigenvalue weighted by molar-refractivity contribution is 7.80. The van der Waals surface area contributed by atoms with Gasteiger partial charge >= 0.3 is 5.97 Å². The molecule has 2 N–H and O–H groups in total. The van der Waals surface area contributed by atoms with Gasteiger partial charge in [-0.25, -0.2) is 4.79 Å². The highest BCUT2D eigenvalue weighted by atomic mass is 35.5. The Morgan fingerprint density at radius 2 is 1.84 bits per heavy atom. The van der Waals surface area contributed by atoms with Crippen molar-refractivity contribution in [3.8, 4) is 0 Å². The Labute approximate surface area is 202 Å². The number of amides is 1. The predicted octanol–water partition coefficient (Wildman–Crippen LogP) is 5.33. The first-order valence-electron chi connectivity index (χ1n) is 10.1. The number of rotatable bonds is 6. The fourth-order valence-corrected chi connectivity index (χ4v) is 4.39. The minimum absolute atomic E-state index is 0.270. The maximum absolute atomic E-state index is 12.7. The van der Waals surface area contributed by atoms with Gasteiger partial charge in [-0.15, -0.1) is 0 Å². The van der Waals surface area contributed by atoms with Crippen LogP contribution in [0.4, 0.5) is 5.69 Å². The van der Waals surface area contributed by atoms with E-state index in [9.17, 15) is 9.59 Å². The highest BCUT2D eigenvalue weighted by Crippen LogP contribution is 2.32. The molecule has 0 fully saturated rings. The molecule has 9 heteroatoms. The fraction of sp³-hybridized carbons (Fsp3) is 0.261. The van der Waals surface area contributed by atoms with Gasteiger partial charge in [0.2, 0.25) is 0 Å². The first-order valence-corrected chi connectivity index (χ1v) is 11.3. The third-order valence-electron chi connectivity index (χ3n) is 5.09. The van der Waals surface area contributed by atoms with Crippen molar-refractivity contribution >= 4 is 58.1 Å². The van der Waals surface area contributed by atoms with Gasteiger partial charge in [0.15, 0.2) is 5.11 Å². The number of hydrogen-bond acceptors (Lipinski definition) is 4. The first kappa shape index (κ1) is 24.0. The van der Waals surface area contributed by atoms with Crippen LogP contribution in [0, 0.1) is 0 Å².